The summed E-state index contributed by atoms with van der Waals surface area (Å²) in [7, 11) is 1.50. The maximum atomic E-state index is 13.1. The predicted octanol–water partition coefficient (Wildman–Crippen LogP) is 3.23. The largest absolute Gasteiger partial charge is 0.369 e. The maximum Gasteiger partial charge on any atom is 0.295 e. The average molecular weight is 441 g/mol. The number of benzene rings is 2. The second kappa shape index (κ2) is 8.40. The topological polar surface area (TPSA) is 140 Å². The van der Waals surface area contributed by atoms with Crippen LogP contribution in [0.4, 0.5) is 27.1 Å². The van der Waals surface area contributed by atoms with Gasteiger partial charge in [0.25, 0.3) is 11.4 Å². The zero-order chi connectivity index (χ0) is 20.1. The van der Waals surface area contributed by atoms with Crippen molar-refractivity contribution < 1.29 is 14.2 Å². The van der Waals surface area contributed by atoms with Crippen molar-refractivity contribution in [3.05, 3.63) is 66.9 Å². The van der Waals surface area contributed by atoms with Gasteiger partial charge in [-0.05, 0) is 24.3 Å². The van der Waals surface area contributed by atoms with Crippen molar-refractivity contribution in [1.29, 1.82) is 0 Å². The van der Waals surface area contributed by atoms with Crippen LogP contribution in [-0.2, 0) is 0 Å². The van der Waals surface area contributed by atoms with Crippen molar-refractivity contribution in [3.8, 4) is 0 Å². The molecule has 12 heteroatoms. The number of halogens is 2. The lowest BCUT2D eigenvalue weighted by Gasteiger charge is -2.18. The molecular formula is C15H14BrFN6O4. The standard InChI is InChI=1S/C15H14BrFN6O4/c1-21(12-5-2-9(16)6-14(12)23(26)27)15(18)20-8-19-11-4-3-10(17)7-13(11)22(24)25/h2-7,19H,8H2,1H3,(H2,18,20). The van der Waals surface area contributed by atoms with Gasteiger partial charge in [0.1, 0.15) is 23.9 Å². The third-order valence-electron chi connectivity index (χ3n) is 3.51. The molecule has 142 valence electrons. The number of nitrogens with two attached hydrogens (primary N) is 1. The van der Waals surface area contributed by atoms with Gasteiger partial charge in [0.15, 0.2) is 5.96 Å². The number of nitrogens with zero attached hydrogens (tertiary/aromatic N) is 4. The van der Waals surface area contributed by atoms with Crippen molar-refractivity contribution in [3.63, 3.8) is 0 Å². The monoisotopic (exact) mass is 440 g/mol. The number of rotatable bonds is 6. The molecule has 0 spiro atoms. The minimum absolute atomic E-state index is 0.0577. The first-order chi connectivity index (χ1) is 12.7. The third kappa shape index (κ3) is 4.88. The Hall–Kier alpha value is -3.28. The van der Waals surface area contributed by atoms with E-state index in [0.717, 1.165) is 12.1 Å². The van der Waals surface area contributed by atoms with Crippen LogP contribution in [-0.4, -0.2) is 29.5 Å². The quantitative estimate of drug-likeness (QED) is 0.304. The molecule has 0 aromatic heterocycles. The molecule has 0 heterocycles. The highest BCUT2D eigenvalue weighted by molar-refractivity contribution is 9.10. The lowest BCUT2D eigenvalue weighted by atomic mass is 10.2. The van der Waals surface area contributed by atoms with E-state index in [0.29, 0.717) is 4.47 Å². The fraction of sp³-hybridized carbons (Fsp3) is 0.133. The molecule has 2 aromatic rings. The minimum Gasteiger partial charge on any atom is -0.369 e. The van der Waals surface area contributed by atoms with Gasteiger partial charge in [-0.25, -0.2) is 9.38 Å². The van der Waals surface area contributed by atoms with Gasteiger partial charge in [0.2, 0.25) is 0 Å². The summed E-state index contributed by atoms with van der Waals surface area (Å²) in [6, 6.07) is 7.52. The Labute approximate surface area is 160 Å². The van der Waals surface area contributed by atoms with Gasteiger partial charge < -0.3 is 16.0 Å². The van der Waals surface area contributed by atoms with Crippen LogP contribution in [0.5, 0.6) is 0 Å². The molecule has 0 fully saturated rings. The number of guanidine groups is 1. The van der Waals surface area contributed by atoms with Crippen molar-refractivity contribution in [1.82, 2.24) is 0 Å². The lowest BCUT2D eigenvalue weighted by molar-refractivity contribution is -0.384. The molecule has 2 rings (SSSR count). The van der Waals surface area contributed by atoms with Gasteiger partial charge in [-0.3, -0.25) is 20.2 Å². The number of aliphatic imine (C=N–C) groups is 1. The van der Waals surface area contributed by atoms with Crippen LogP contribution in [0.1, 0.15) is 0 Å². The predicted molar refractivity (Wildman–Crippen MR) is 102 cm³/mol. The second-order valence-electron chi connectivity index (χ2n) is 5.22. The first kappa shape index (κ1) is 20.0. The number of hydrogen-bond donors (Lipinski definition) is 2. The molecule has 0 amide bonds. The molecule has 0 aliphatic heterocycles. The first-order valence-electron chi connectivity index (χ1n) is 7.36. The van der Waals surface area contributed by atoms with Crippen molar-refractivity contribution in [2.75, 3.05) is 23.9 Å². The van der Waals surface area contributed by atoms with E-state index in [1.165, 1.54) is 30.1 Å². The Morgan fingerprint density at radius 2 is 1.89 bits per heavy atom. The Bertz CT molecular complexity index is 923. The summed E-state index contributed by atoms with van der Waals surface area (Å²) >= 11 is 3.17. The van der Waals surface area contributed by atoms with Crippen LogP contribution < -0.4 is 16.0 Å². The van der Waals surface area contributed by atoms with Gasteiger partial charge in [-0.15, -0.1) is 0 Å². The van der Waals surface area contributed by atoms with E-state index >= 15 is 0 Å². The molecule has 0 saturated heterocycles. The summed E-state index contributed by atoms with van der Waals surface area (Å²) in [6.45, 7) is -0.160. The third-order valence-corrected chi connectivity index (χ3v) is 4.00. The zero-order valence-electron chi connectivity index (χ0n) is 13.9. The van der Waals surface area contributed by atoms with E-state index in [1.54, 1.807) is 6.07 Å². The molecule has 0 atom stereocenters. The minimum atomic E-state index is -0.738. The number of nitrogens with one attached hydrogen (secondary N) is 1. The van der Waals surface area contributed by atoms with Crippen molar-refractivity contribution in [2.24, 2.45) is 10.7 Å². The van der Waals surface area contributed by atoms with Crippen LogP contribution in [0, 0.1) is 26.0 Å². The molecule has 3 N–H and O–H groups in total. The summed E-state index contributed by atoms with van der Waals surface area (Å²) in [5.74, 6) is -0.796. The van der Waals surface area contributed by atoms with Crippen molar-refractivity contribution >= 4 is 44.6 Å². The highest BCUT2D eigenvalue weighted by atomic mass is 79.9. The van der Waals surface area contributed by atoms with Crippen LogP contribution >= 0.6 is 15.9 Å². The molecule has 0 unspecified atom stereocenters. The van der Waals surface area contributed by atoms with Gasteiger partial charge in [0.05, 0.1) is 15.9 Å². The SMILES string of the molecule is CN(C(N)=NCNc1ccc(F)cc1[N+](=O)[O-])c1ccc(Br)cc1[N+](=O)[O-]. The Kier molecular flexibility index (Phi) is 6.23. The molecule has 0 aliphatic rings. The summed E-state index contributed by atoms with van der Waals surface area (Å²) < 4.78 is 13.7. The molecular weight excluding hydrogens is 427 g/mol. The lowest BCUT2D eigenvalue weighted by Crippen LogP contribution is -2.35. The summed E-state index contributed by atoms with van der Waals surface area (Å²) in [6.07, 6.45) is 0. The second-order valence-corrected chi connectivity index (χ2v) is 6.13. The highest BCUT2D eigenvalue weighted by Gasteiger charge is 2.19. The maximum absolute atomic E-state index is 13.1. The van der Waals surface area contributed by atoms with Crippen LogP contribution in [0.3, 0.4) is 0 Å². The van der Waals surface area contributed by atoms with Crippen molar-refractivity contribution in [2.45, 2.75) is 0 Å². The zero-order valence-corrected chi connectivity index (χ0v) is 15.5. The van der Waals surface area contributed by atoms with Crippen LogP contribution in [0.25, 0.3) is 0 Å². The van der Waals surface area contributed by atoms with Crippen LogP contribution in [0.15, 0.2) is 45.9 Å². The van der Waals surface area contributed by atoms with E-state index in [4.69, 9.17) is 5.73 Å². The number of anilines is 2. The average Bonchev–Trinajstić information content (AvgIpc) is 2.61. The highest BCUT2D eigenvalue weighted by Crippen LogP contribution is 2.30. The molecule has 10 nitrogen and oxygen atoms in total. The summed E-state index contributed by atoms with van der Waals surface area (Å²) in [5.41, 5.74) is 5.52. The molecule has 0 bridgehead atoms. The fourth-order valence-electron chi connectivity index (χ4n) is 2.17. The molecule has 0 aliphatic carbocycles. The molecule has 27 heavy (non-hydrogen) atoms. The molecule has 0 saturated carbocycles. The summed E-state index contributed by atoms with van der Waals surface area (Å²) in [5, 5.41) is 24.8. The van der Waals surface area contributed by atoms with E-state index in [2.05, 4.69) is 26.2 Å². The Morgan fingerprint density at radius 3 is 2.52 bits per heavy atom. The molecule has 2 aromatic carbocycles. The van der Waals surface area contributed by atoms with Crippen LogP contribution in [0.2, 0.25) is 0 Å². The first-order valence-corrected chi connectivity index (χ1v) is 8.15. The number of nitro benzene ring substituents is 2. The van der Waals surface area contributed by atoms with E-state index in [9.17, 15) is 24.6 Å². The Morgan fingerprint density at radius 1 is 1.22 bits per heavy atom. The summed E-state index contributed by atoms with van der Waals surface area (Å²) in [4.78, 5) is 26.2. The van der Waals surface area contributed by atoms with E-state index in [-0.39, 0.29) is 29.7 Å². The van der Waals surface area contributed by atoms with Gasteiger partial charge >= 0.3 is 0 Å². The smallest absolute Gasteiger partial charge is 0.295 e. The normalized spacial score (nSPS) is 11.1. The number of hydrogen-bond acceptors (Lipinski definition) is 6. The fourth-order valence-corrected chi connectivity index (χ4v) is 2.52. The van der Waals surface area contributed by atoms with E-state index < -0.39 is 21.4 Å². The number of nitro groups is 2. The Balaban J connectivity index is 2.17. The molecule has 0 radical (unpaired) electrons. The van der Waals surface area contributed by atoms with Gasteiger partial charge in [0, 0.05) is 17.6 Å². The van der Waals surface area contributed by atoms with Gasteiger partial charge in [-0.2, -0.15) is 0 Å². The van der Waals surface area contributed by atoms with Gasteiger partial charge in [-0.1, -0.05) is 15.9 Å². The van der Waals surface area contributed by atoms with E-state index in [1.807, 2.05) is 0 Å².